The summed E-state index contributed by atoms with van der Waals surface area (Å²) in [6, 6.07) is 2.04. The van der Waals surface area contributed by atoms with Crippen molar-refractivity contribution in [3.8, 4) is 0 Å². The summed E-state index contributed by atoms with van der Waals surface area (Å²) in [5, 5.41) is 6.67. The van der Waals surface area contributed by atoms with E-state index in [0.29, 0.717) is 0 Å². The molecule has 0 spiro atoms. The fourth-order valence-electron chi connectivity index (χ4n) is 1.90. The van der Waals surface area contributed by atoms with Crippen LogP contribution in [0.1, 0.15) is 19.8 Å². The van der Waals surface area contributed by atoms with E-state index in [1.165, 1.54) is 12.8 Å². The Kier molecular flexibility index (Phi) is 4.55. The first kappa shape index (κ1) is 12.1. The van der Waals surface area contributed by atoms with Crippen LogP contribution in [0.4, 0.5) is 11.6 Å². The van der Waals surface area contributed by atoms with Crippen molar-refractivity contribution in [1.82, 2.24) is 15.3 Å². The molecule has 1 aliphatic heterocycles. The van der Waals surface area contributed by atoms with Crippen molar-refractivity contribution in [2.24, 2.45) is 0 Å². The van der Waals surface area contributed by atoms with Crippen LogP contribution in [0.25, 0.3) is 0 Å². The van der Waals surface area contributed by atoms with Gasteiger partial charge in [-0.25, -0.2) is 9.97 Å². The summed E-state index contributed by atoms with van der Waals surface area (Å²) in [7, 11) is 0. The van der Waals surface area contributed by atoms with Gasteiger partial charge in [0, 0.05) is 38.8 Å². The Labute approximate surface area is 103 Å². The third-order valence-corrected chi connectivity index (χ3v) is 2.93. The van der Waals surface area contributed by atoms with Gasteiger partial charge in [0.1, 0.15) is 18.0 Å². The van der Waals surface area contributed by atoms with Crippen molar-refractivity contribution in [2.45, 2.75) is 19.8 Å². The fraction of sp³-hybridized carbons (Fsp3) is 0.667. The van der Waals surface area contributed by atoms with Gasteiger partial charge >= 0.3 is 0 Å². The number of rotatable bonds is 5. The Morgan fingerprint density at radius 3 is 2.94 bits per heavy atom. The van der Waals surface area contributed by atoms with Crippen LogP contribution >= 0.6 is 0 Å². The van der Waals surface area contributed by atoms with E-state index in [-0.39, 0.29) is 0 Å². The van der Waals surface area contributed by atoms with Gasteiger partial charge in [-0.3, -0.25) is 0 Å². The maximum atomic E-state index is 4.34. The van der Waals surface area contributed by atoms with Gasteiger partial charge in [-0.05, 0) is 6.42 Å². The molecular weight excluding hydrogens is 214 g/mol. The van der Waals surface area contributed by atoms with Crippen LogP contribution in [0, 0.1) is 0 Å². The van der Waals surface area contributed by atoms with Crippen LogP contribution in [-0.4, -0.2) is 42.7 Å². The molecule has 0 bridgehead atoms. The molecule has 2 rings (SSSR count). The lowest BCUT2D eigenvalue weighted by Gasteiger charge is -2.28. The third-order valence-electron chi connectivity index (χ3n) is 2.93. The van der Waals surface area contributed by atoms with Crippen LogP contribution in [-0.2, 0) is 0 Å². The van der Waals surface area contributed by atoms with Gasteiger partial charge in [0.05, 0.1) is 0 Å². The fourth-order valence-corrected chi connectivity index (χ4v) is 1.90. The average Bonchev–Trinajstić information content (AvgIpc) is 2.41. The standard InChI is InChI=1S/C12H21N5/c1-2-3-4-14-11-9-12(16-10-15-11)17-7-5-13-6-8-17/h9-10,13H,2-8H2,1H3,(H,14,15,16). The first-order valence-electron chi connectivity index (χ1n) is 6.41. The Morgan fingerprint density at radius 2 is 2.18 bits per heavy atom. The van der Waals surface area contributed by atoms with E-state index in [0.717, 1.165) is 44.4 Å². The van der Waals surface area contributed by atoms with Crippen molar-refractivity contribution >= 4 is 11.6 Å². The smallest absolute Gasteiger partial charge is 0.134 e. The molecule has 1 aliphatic rings. The Balaban J connectivity index is 1.95. The molecule has 17 heavy (non-hydrogen) atoms. The summed E-state index contributed by atoms with van der Waals surface area (Å²) in [4.78, 5) is 10.9. The van der Waals surface area contributed by atoms with Crippen LogP contribution in [0.2, 0.25) is 0 Å². The summed E-state index contributed by atoms with van der Waals surface area (Å²) in [5.74, 6) is 1.96. The van der Waals surface area contributed by atoms with Gasteiger partial charge in [-0.2, -0.15) is 0 Å². The number of aromatic nitrogens is 2. The van der Waals surface area contributed by atoms with Gasteiger partial charge in [0.2, 0.25) is 0 Å². The Bertz CT molecular complexity index is 335. The third kappa shape index (κ3) is 3.56. The maximum Gasteiger partial charge on any atom is 0.134 e. The largest absolute Gasteiger partial charge is 0.370 e. The summed E-state index contributed by atoms with van der Waals surface area (Å²) in [5.41, 5.74) is 0. The highest BCUT2D eigenvalue weighted by molar-refractivity contribution is 5.48. The zero-order chi connectivity index (χ0) is 11.9. The number of anilines is 2. The number of nitrogens with zero attached hydrogens (tertiary/aromatic N) is 3. The van der Waals surface area contributed by atoms with E-state index in [1.807, 2.05) is 6.07 Å². The minimum Gasteiger partial charge on any atom is -0.370 e. The molecule has 1 aromatic rings. The van der Waals surface area contributed by atoms with Crippen LogP contribution in [0.3, 0.4) is 0 Å². The average molecular weight is 235 g/mol. The quantitative estimate of drug-likeness (QED) is 0.748. The number of nitrogens with one attached hydrogen (secondary N) is 2. The molecule has 94 valence electrons. The highest BCUT2D eigenvalue weighted by atomic mass is 15.2. The molecule has 0 amide bonds. The van der Waals surface area contributed by atoms with Crippen molar-refractivity contribution in [3.05, 3.63) is 12.4 Å². The van der Waals surface area contributed by atoms with E-state index in [1.54, 1.807) is 6.33 Å². The lowest BCUT2D eigenvalue weighted by molar-refractivity contribution is 0.584. The van der Waals surface area contributed by atoms with E-state index < -0.39 is 0 Å². The second-order valence-electron chi connectivity index (χ2n) is 4.28. The molecule has 0 atom stereocenters. The molecule has 2 N–H and O–H groups in total. The lowest BCUT2D eigenvalue weighted by Crippen LogP contribution is -2.43. The highest BCUT2D eigenvalue weighted by Gasteiger charge is 2.11. The number of hydrogen-bond donors (Lipinski definition) is 2. The number of unbranched alkanes of at least 4 members (excludes halogenated alkanes) is 1. The number of piperazine rings is 1. The predicted molar refractivity (Wildman–Crippen MR) is 70.5 cm³/mol. The van der Waals surface area contributed by atoms with Crippen molar-refractivity contribution in [1.29, 1.82) is 0 Å². The second-order valence-corrected chi connectivity index (χ2v) is 4.28. The second kappa shape index (κ2) is 6.39. The SMILES string of the molecule is CCCCNc1cc(N2CCNCC2)ncn1. The monoisotopic (exact) mass is 235 g/mol. The Morgan fingerprint density at radius 1 is 1.35 bits per heavy atom. The van der Waals surface area contributed by atoms with Crippen molar-refractivity contribution in [2.75, 3.05) is 42.9 Å². The Hall–Kier alpha value is -1.36. The van der Waals surface area contributed by atoms with Gasteiger partial charge in [-0.1, -0.05) is 13.3 Å². The van der Waals surface area contributed by atoms with Gasteiger partial charge in [-0.15, -0.1) is 0 Å². The molecule has 0 radical (unpaired) electrons. The summed E-state index contributed by atoms with van der Waals surface area (Å²) < 4.78 is 0. The highest BCUT2D eigenvalue weighted by Crippen LogP contribution is 2.14. The molecular formula is C12H21N5. The molecule has 0 aliphatic carbocycles. The molecule has 5 heteroatoms. The van der Waals surface area contributed by atoms with E-state index >= 15 is 0 Å². The topological polar surface area (TPSA) is 53.1 Å². The normalized spacial score (nSPS) is 15.9. The van der Waals surface area contributed by atoms with Gasteiger partial charge in [0.25, 0.3) is 0 Å². The lowest BCUT2D eigenvalue weighted by atomic mass is 10.3. The number of hydrogen-bond acceptors (Lipinski definition) is 5. The van der Waals surface area contributed by atoms with Crippen molar-refractivity contribution in [3.63, 3.8) is 0 Å². The minimum atomic E-state index is 0.932. The van der Waals surface area contributed by atoms with Gasteiger partial charge < -0.3 is 15.5 Å². The molecule has 1 saturated heterocycles. The predicted octanol–water partition coefficient (Wildman–Crippen LogP) is 1.10. The molecule has 0 unspecified atom stereocenters. The zero-order valence-corrected chi connectivity index (χ0v) is 10.4. The summed E-state index contributed by atoms with van der Waals surface area (Å²) in [6.07, 6.45) is 4.02. The summed E-state index contributed by atoms with van der Waals surface area (Å²) >= 11 is 0. The summed E-state index contributed by atoms with van der Waals surface area (Å²) in [6.45, 7) is 7.27. The molecule has 0 aromatic carbocycles. The zero-order valence-electron chi connectivity index (χ0n) is 10.4. The van der Waals surface area contributed by atoms with Crippen molar-refractivity contribution < 1.29 is 0 Å². The van der Waals surface area contributed by atoms with Crippen LogP contribution in [0.5, 0.6) is 0 Å². The van der Waals surface area contributed by atoms with Gasteiger partial charge in [0.15, 0.2) is 0 Å². The first-order valence-corrected chi connectivity index (χ1v) is 6.41. The van der Waals surface area contributed by atoms with E-state index in [9.17, 15) is 0 Å². The first-order chi connectivity index (χ1) is 8.40. The minimum absolute atomic E-state index is 0.932. The molecule has 1 aromatic heterocycles. The van der Waals surface area contributed by atoms with E-state index in [4.69, 9.17) is 0 Å². The molecule has 0 saturated carbocycles. The molecule has 1 fully saturated rings. The molecule has 5 nitrogen and oxygen atoms in total. The van der Waals surface area contributed by atoms with Crippen LogP contribution in [0.15, 0.2) is 12.4 Å². The molecule has 2 heterocycles. The van der Waals surface area contributed by atoms with Crippen LogP contribution < -0.4 is 15.5 Å². The van der Waals surface area contributed by atoms with E-state index in [2.05, 4.69) is 32.4 Å². The maximum absolute atomic E-state index is 4.34.